The van der Waals surface area contributed by atoms with Gasteiger partial charge in [-0.05, 0) is 37.6 Å². The number of primary amides is 1. The third-order valence-corrected chi connectivity index (χ3v) is 4.03. The van der Waals surface area contributed by atoms with Crippen LogP contribution < -0.4 is 10.7 Å². The van der Waals surface area contributed by atoms with Gasteiger partial charge in [0, 0.05) is 19.5 Å². The van der Waals surface area contributed by atoms with Crippen LogP contribution in [-0.4, -0.2) is 41.6 Å². The molecule has 24 heavy (non-hydrogen) atoms. The third-order valence-electron chi connectivity index (χ3n) is 4.03. The Bertz CT molecular complexity index is 630. The van der Waals surface area contributed by atoms with E-state index >= 15 is 0 Å². The monoisotopic (exact) mass is 334 g/mol. The molecule has 0 spiro atoms. The van der Waals surface area contributed by atoms with Crippen LogP contribution in [0.5, 0.6) is 0 Å². The molecule has 0 aliphatic carbocycles. The quantitative estimate of drug-likeness (QED) is 0.827. The first kappa shape index (κ1) is 17.9. The minimum atomic E-state index is -0.737. The maximum Gasteiger partial charge on any atom is 0.270 e. The van der Waals surface area contributed by atoms with Crippen molar-refractivity contribution in [3.63, 3.8) is 0 Å². The van der Waals surface area contributed by atoms with E-state index in [1.807, 2.05) is 6.92 Å². The van der Waals surface area contributed by atoms with E-state index in [1.54, 1.807) is 4.90 Å². The number of carbonyl (C=O) groups excluding carboxylic acids is 2. The van der Waals surface area contributed by atoms with Crippen LogP contribution in [0.2, 0.25) is 0 Å². The van der Waals surface area contributed by atoms with Gasteiger partial charge >= 0.3 is 0 Å². The Balaban J connectivity index is 2.24. The summed E-state index contributed by atoms with van der Waals surface area (Å²) in [5, 5.41) is 5.71. The molecular weight excluding hydrogens is 311 g/mol. The van der Waals surface area contributed by atoms with Gasteiger partial charge in [-0.15, -0.1) is 0 Å². The normalized spacial score (nSPS) is 16.9. The van der Waals surface area contributed by atoms with Crippen molar-refractivity contribution in [3.8, 4) is 0 Å². The van der Waals surface area contributed by atoms with Gasteiger partial charge in [0.05, 0.1) is 5.69 Å². The second-order valence-corrected chi connectivity index (χ2v) is 5.73. The molecule has 1 atom stereocenters. The van der Waals surface area contributed by atoms with Gasteiger partial charge in [0.25, 0.3) is 5.91 Å². The molecule has 1 aromatic rings. The zero-order valence-corrected chi connectivity index (χ0v) is 14.0. The lowest BCUT2D eigenvalue weighted by atomic mass is 10.1. The molecule has 0 fully saturated rings. The highest BCUT2D eigenvalue weighted by molar-refractivity contribution is 6.40. The Morgan fingerprint density at radius 2 is 2.00 bits per heavy atom. The molecule has 130 valence electrons. The van der Waals surface area contributed by atoms with E-state index in [4.69, 9.17) is 5.73 Å². The molecule has 0 unspecified atom stereocenters. The summed E-state index contributed by atoms with van der Waals surface area (Å²) >= 11 is 0. The summed E-state index contributed by atoms with van der Waals surface area (Å²) < 4.78 is 13.1. The van der Waals surface area contributed by atoms with Crippen LogP contribution in [0.4, 0.5) is 10.1 Å². The number of hydrazone groups is 1. The van der Waals surface area contributed by atoms with Gasteiger partial charge in [-0.1, -0.05) is 13.3 Å². The van der Waals surface area contributed by atoms with E-state index in [9.17, 15) is 14.0 Å². The zero-order valence-electron chi connectivity index (χ0n) is 14.0. The molecule has 0 saturated heterocycles. The average molecular weight is 334 g/mol. The number of halogens is 1. The number of unbranched alkanes of at least 4 members (excludes halogenated alkanes) is 1. The molecule has 1 aliphatic rings. The van der Waals surface area contributed by atoms with Crippen molar-refractivity contribution in [2.75, 3.05) is 18.1 Å². The fraction of sp³-hybridized carbons (Fsp3) is 0.471. The number of amides is 2. The molecule has 1 aromatic carbocycles. The van der Waals surface area contributed by atoms with E-state index in [2.05, 4.69) is 12.0 Å². The fourth-order valence-electron chi connectivity index (χ4n) is 2.63. The standard InChI is InChI=1S/C17H23FN4O2/c1-3-5-10-21(4-2)17(24)14-11-15(16(19)23)22(20-14)13-8-6-12(18)7-9-13/h6-9,15H,3-5,10-11H2,1-2H3,(H2,19,23)/t15-/m0/s1. The third kappa shape index (κ3) is 3.90. The molecule has 0 radical (unpaired) electrons. The topological polar surface area (TPSA) is 79.0 Å². The van der Waals surface area contributed by atoms with Crippen molar-refractivity contribution in [2.45, 2.75) is 39.2 Å². The molecule has 0 aromatic heterocycles. The van der Waals surface area contributed by atoms with Gasteiger partial charge in [0.1, 0.15) is 17.6 Å². The van der Waals surface area contributed by atoms with Crippen molar-refractivity contribution in [1.82, 2.24) is 4.90 Å². The van der Waals surface area contributed by atoms with Crippen molar-refractivity contribution in [3.05, 3.63) is 30.1 Å². The molecular formula is C17H23FN4O2. The molecule has 2 amide bonds. The van der Waals surface area contributed by atoms with Gasteiger partial charge in [-0.2, -0.15) is 5.10 Å². The maximum absolute atomic E-state index is 13.1. The second-order valence-electron chi connectivity index (χ2n) is 5.73. The Hall–Kier alpha value is -2.44. The van der Waals surface area contributed by atoms with Crippen molar-refractivity contribution < 1.29 is 14.0 Å². The summed E-state index contributed by atoms with van der Waals surface area (Å²) in [5.74, 6) is -1.13. The van der Waals surface area contributed by atoms with Crippen LogP contribution in [0.25, 0.3) is 0 Å². The molecule has 1 aliphatic heterocycles. The number of benzene rings is 1. The lowest BCUT2D eigenvalue weighted by Crippen LogP contribution is -2.40. The van der Waals surface area contributed by atoms with Crippen LogP contribution in [0, 0.1) is 5.82 Å². The summed E-state index contributed by atoms with van der Waals surface area (Å²) in [6.07, 6.45) is 2.06. The van der Waals surface area contributed by atoms with Gasteiger partial charge < -0.3 is 10.6 Å². The van der Waals surface area contributed by atoms with E-state index in [1.165, 1.54) is 29.3 Å². The number of carbonyl (C=O) groups is 2. The van der Waals surface area contributed by atoms with Crippen LogP contribution in [0.3, 0.4) is 0 Å². The summed E-state index contributed by atoms with van der Waals surface area (Å²) in [5.41, 5.74) is 6.29. The van der Waals surface area contributed by atoms with Crippen molar-refractivity contribution in [1.29, 1.82) is 0 Å². The smallest absolute Gasteiger partial charge is 0.270 e. The van der Waals surface area contributed by atoms with Gasteiger partial charge in [-0.25, -0.2) is 4.39 Å². The number of hydrogen-bond donors (Lipinski definition) is 1. The first-order valence-corrected chi connectivity index (χ1v) is 8.18. The van der Waals surface area contributed by atoms with Gasteiger partial charge in [-0.3, -0.25) is 14.6 Å². The second kappa shape index (κ2) is 7.90. The molecule has 7 heteroatoms. The van der Waals surface area contributed by atoms with E-state index in [0.717, 1.165) is 12.8 Å². The van der Waals surface area contributed by atoms with Crippen LogP contribution >= 0.6 is 0 Å². The highest BCUT2D eigenvalue weighted by Gasteiger charge is 2.36. The summed E-state index contributed by atoms with van der Waals surface area (Å²) in [6.45, 7) is 5.20. The van der Waals surface area contributed by atoms with Crippen LogP contribution in [-0.2, 0) is 9.59 Å². The number of rotatable bonds is 7. The van der Waals surface area contributed by atoms with Crippen LogP contribution in [0.15, 0.2) is 29.4 Å². The van der Waals surface area contributed by atoms with Gasteiger partial charge in [0.2, 0.25) is 5.91 Å². The Morgan fingerprint density at radius 1 is 1.33 bits per heavy atom. The first-order chi connectivity index (χ1) is 11.5. The summed E-state index contributed by atoms with van der Waals surface area (Å²) in [7, 11) is 0. The van der Waals surface area contributed by atoms with Crippen molar-refractivity contribution in [2.24, 2.45) is 10.8 Å². The maximum atomic E-state index is 13.1. The molecule has 0 saturated carbocycles. The number of nitrogens with two attached hydrogens (primary N) is 1. The van der Waals surface area contributed by atoms with Crippen LogP contribution in [0.1, 0.15) is 33.1 Å². The predicted molar refractivity (Wildman–Crippen MR) is 91.1 cm³/mol. The van der Waals surface area contributed by atoms with E-state index < -0.39 is 11.9 Å². The lowest BCUT2D eigenvalue weighted by Gasteiger charge is -2.20. The molecule has 2 N–H and O–H groups in total. The minimum absolute atomic E-state index is 0.161. The van der Waals surface area contributed by atoms with Gasteiger partial charge in [0.15, 0.2) is 0 Å². The Kier molecular flexibility index (Phi) is 5.89. The Morgan fingerprint density at radius 3 is 2.54 bits per heavy atom. The summed E-state index contributed by atoms with van der Waals surface area (Å²) in [4.78, 5) is 26.1. The minimum Gasteiger partial charge on any atom is -0.368 e. The van der Waals surface area contributed by atoms with E-state index in [-0.39, 0.29) is 18.1 Å². The molecule has 0 bridgehead atoms. The lowest BCUT2D eigenvalue weighted by molar-refractivity contribution is -0.124. The highest BCUT2D eigenvalue weighted by Crippen LogP contribution is 2.25. The number of hydrogen-bond acceptors (Lipinski definition) is 4. The zero-order chi connectivity index (χ0) is 17.7. The van der Waals surface area contributed by atoms with Crippen molar-refractivity contribution >= 4 is 23.2 Å². The highest BCUT2D eigenvalue weighted by atomic mass is 19.1. The fourth-order valence-corrected chi connectivity index (χ4v) is 2.63. The van der Waals surface area contributed by atoms with E-state index in [0.29, 0.717) is 24.5 Å². The predicted octanol–water partition coefficient (Wildman–Crippen LogP) is 1.89. The number of nitrogens with zero attached hydrogens (tertiary/aromatic N) is 3. The first-order valence-electron chi connectivity index (χ1n) is 8.18. The molecule has 1 heterocycles. The number of anilines is 1. The summed E-state index contributed by atoms with van der Waals surface area (Å²) in [6, 6.07) is 4.84. The Labute approximate surface area is 141 Å². The molecule has 2 rings (SSSR count). The largest absolute Gasteiger partial charge is 0.368 e. The SMILES string of the molecule is CCCCN(CC)C(=O)C1=NN(c2ccc(F)cc2)[C@H](C(N)=O)C1. The average Bonchev–Trinajstić information content (AvgIpc) is 3.01. The molecule has 6 nitrogen and oxygen atoms in total.